The maximum absolute atomic E-state index is 9.65. The molecule has 0 amide bonds. The van der Waals surface area contributed by atoms with Gasteiger partial charge in [-0.3, -0.25) is 0 Å². The van der Waals surface area contributed by atoms with Crippen LogP contribution < -0.4 is 0 Å². The molecule has 94 valence electrons. The van der Waals surface area contributed by atoms with Gasteiger partial charge in [-0.25, -0.2) is 0 Å². The third-order valence-electron chi connectivity index (χ3n) is 4.54. The number of hydrogen-bond acceptors (Lipinski definition) is 2. The summed E-state index contributed by atoms with van der Waals surface area (Å²) in [5.74, 6) is 0. The molecule has 2 fully saturated rings. The van der Waals surface area contributed by atoms with Gasteiger partial charge in [0.05, 0.1) is 0 Å². The highest BCUT2D eigenvalue weighted by molar-refractivity contribution is 4.89. The molecule has 0 aromatic rings. The van der Waals surface area contributed by atoms with Crippen molar-refractivity contribution in [2.24, 2.45) is 10.8 Å². The summed E-state index contributed by atoms with van der Waals surface area (Å²) in [7, 11) is 0. The SMILES string of the molecule is CC1(C)CCCN(CC2(CO)CCCC2)C1. The number of hydrogen-bond donors (Lipinski definition) is 1. The molecule has 0 aromatic carbocycles. The molecular weight excluding hydrogens is 198 g/mol. The highest BCUT2D eigenvalue weighted by Crippen LogP contribution is 2.40. The molecule has 2 nitrogen and oxygen atoms in total. The van der Waals surface area contributed by atoms with Crippen LogP contribution in [0.2, 0.25) is 0 Å². The van der Waals surface area contributed by atoms with Crippen LogP contribution in [0.4, 0.5) is 0 Å². The molecule has 1 saturated heterocycles. The van der Waals surface area contributed by atoms with Crippen molar-refractivity contribution < 1.29 is 5.11 Å². The quantitative estimate of drug-likeness (QED) is 0.798. The first-order valence-electron chi connectivity index (χ1n) is 6.89. The van der Waals surface area contributed by atoms with E-state index in [2.05, 4.69) is 18.7 Å². The smallest absolute Gasteiger partial charge is 0.0499 e. The number of aliphatic hydroxyl groups excluding tert-OH is 1. The maximum atomic E-state index is 9.65. The minimum Gasteiger partial charge on any atom is -0.396 e. The Morgan fingerprint density at radius 2 is 1.75 bits per heavy atom. The summed E-state index contributed by atoms with van der Waals surface area (Å²) < 4.78 is 0. The molecule has 1 aliphatic carbocycles. The number of likely N-dealkylation sites (tertiary alicyclic amines) is 1. The van der Waals surface area contributed by atoms with Crippen LogP contribution in [0.5, 0.6) is 0 Å². The second kappa shape index (κ2) is 4.66. The molecule has 1 heterocycles. The van der Waals surface area contributed by atoms with Crippen LogP contribution in [-0.2, 0) is 0 Å². The maximum Gasteiger partial charge on any atom is 0.0499 e. The average molecular weight is 225 g/mol. The van der Waals surface area contributed by atoms with Crippen LogP contribution in [-0.4, -0.2) is 36.2 Å². The summed E-state index contributed by atoms with van der Waals surface area (Å²) >= 11 is 0. The Morgan fingerprint density at radius 3 is 2.31 bits per heavy atom. The van der Waals surface area contributed by atoms with Crippen LogP contribution in [0.15, 0.2) is 0 Å². The Bertz CT molecular complexity index is 231. The minimum absolute atomic E-state index is 0.243. The van der Waals surface area contributed by atoms with Gasteiger partial charge < -0.3 is 10.0 Å². The molecule has 0 aromatic heterocycles. The van der Waals surface area contributed by atoms with E-state index in [1.54, 1.807) is 0 Å². The standard InChI is InChI=1S/C14H27NO/c1-13(2)6-5-9-15(10-13)11-14(12-16)7-3-4-8-14/h16H,3-12H2,1-2H3. The van der Waals surface area contributed by atoms with E-state index in [9.17, 15) is 5.11 Å². The van der Waals surface area contributed by atoms with Crippen molar-refractivity contribution in [1.29, 1.82) is 0 Å². The molecule has 1 N–H and O–H groups in total. The Balaban J connectivity index is 1.93. The lowest BCUT2D eigenvalue weighted by Gasteiger charge is -2.42. The van der Waals surface area contributed by atoms with Crippen molar-refractivity contribution >= 4 is 0 Å². The van der Waals surface area contributed by atoms with Crippen molar-refractivity contribution in [2.45, 2.75) is 52.4 Å². The zero-order valence-electron chi connectivity index (χ0n) is 11.0. The van der Waals surface area contributed by atoms with E-state index < -0.39 is 0 Å². The van der Waals surface area contributed by atoms with E-state index in [1.165, 1.54) is 51.6 Å². The van der Waals surface area contributed by atoms with Crippen molar-refractivity contribution in [3.8, 4) is 0 Å². The van der Waals surface area contributed by atoms with Gasteiger partial charge in [0.25, 0.3) is 0 Å². The highest BCUT2D eigenvalue weighted by Gasteiger charge is 2.37. The third-order valence-corrected chi connectivity index (χ3v) is 4.54. The lowest BCUT2D eigenvalue weighted by molar-refractivity contribution is 0.0383. The number of nitrogens with zero attached hydrogens (tertiary/aromatic N) is 1. The molecule has 0 bridgehead atoms. The predicted octanol–water partition coefficient (Wildman–Crippen LogP) is 2.66. The fourth-order valence-corrected chi connectivity index (χ4v) is 3.65. The van der Waals surface area contributed by atoms with E-state index in [0.29, 0.717) is 12.0 Å². The first kappa shape index (κ1) is 12.4. The molecule has 2 rings (SSSR count). The molecule has 16 heavy (non-hydrogen) atoms. The van der Waals surface area contributed by atoms with E-state index >= 15 is 0 Å². The zero-order valence-corrected chi connectivity index (χ0v) is 11.0. The zero-order chi connectivity index (χ0) is 11.6. The van der Waals surface area contributed by atoms with Gasteiger partial charge in [0.1, 0.15) is 0 Å². The van der Waals surface area contributed by atoms with Gasteiger partial charge in [-0.1, -0.05) is 26.7 Å². The molecule has 0 unspecified atom stereocenters. The number of aliphatic hydroxyl groups is 1. The topological polar surface area (TPSA) is 23.5 Å². The molecular formula is C14H27NO. The summed E-state index contributed by atoms with van der Waals surface area (Å²) in [5, 5.41) is 9.65. The first-order valence-corrected chi connectivity index (χ1v) is 6.89. The van der Waals surface area contributed by atoms with Crippen LogP contribution >= 0.6 is 0 Å². The summed E-state index contributed by atoms with van der Waals surface area (Å²) in [6.07, 6.45) is 7.79. The predicted molar refractivity (Wildman–Crippen MR) is 67.4 cm³/mol. The van der Waals surface area contributed by atoms with Gasteiger partial charge in [0.2, 0.25) is 0 Å². The molecule has 2 heteroatoms. The van der Waals surface area contributed by atoms with Crippen molar-refractivity contribution in [3.63, 3.8) is 0 Å². The van der Waals surface area contributed by atoms with Gasteiger partial charge in [-0.2, -0.15) is 0 Å². The monoisotopic (exact) mass is 225 g/mol. The molecule has 1 saturated carbocycles. The fraction of sp³-hybridized carbons (Fsp3) is 1.00. The fourth-order valence-electron chi connectivity index (χ4n) is 3.65. The van der Waals surface area contributed by atoms with Crippen molar-refractivity contribution in [2.75, 3.05) is 26.2 Å². The van der Waals surface area contributed by atoms with Gasteiger partial charge >= 0.3 is 0 Å². The number of rotatable bonds is 3. The second-order valence-electron chi connectivity index (χ2n) is 6.84. The summed E-state index contributed by atoms with van der Waals surface area (Å²) in [6, 6.07) is 0. The second-order valence-corrected chi connectivity index (χ2v) is 6.84. The first-order chi connectivity index (χ1) is 7.55. The summed E-state index contributed by atoms with van der Waals surface area (Å²) in [4.78, 5) is 2.60. The molecule has 2 aliphatic rings. The van der Waals surface area contributed by atoms with Crippen LogP contribution in [0.3, 0.4) is 0 Å². The van der Waals surface area contributed by atoms with Crippen molar-refractivity contribution in [3.05, 3.63) is 0 Å². The van der Waals surface area contributed by atoms with Crippen molar-refractivity contribution in [1.82, 2.24) is 4.90 Å². The van der Waals surface area contributed by atoms with Gasteiger partial charge in [0, 0.05) is 25.1 Å². The molecule has 0 spiro atoms. The lowest BCUT2D eigenvalue weighted by Crippen LogP contribution is -2.46. The summed E-state index contributed by atoms with van der Waals surface area (Å²) in [5.41, 5.74) is 0.723. The third kappa shape index (κ3) is 2.78. The van der Waals surface area contributed by atoms with E-state index in [-0.39, 0.29) is 5.41 Å². The molecule has 0 atom stereocenters. The largest absolute Gasteiger partial charge is 0.396 e. The van der Waals surface area contributed by atoms with E-state index in [4.69, 9.17) is 0 Å². The Labute approximate surface area is 100 Å². The van der Waals surface area contributed by atoms with E-state index in [1.807, 2.05) is 0 Å². The Kier molecular flexibility index (Phi) is 3.60. The molecule has 0 radical (unpaired) electrons. The van der Waals surface area contributed by atoms with Gasteiger partial charge in [0.15, 0.2) is 0 Å². The lowest BCUT2D eigenvalue weighted by atomic mass is 9.81. The highest BCUT2D eigenvalue weighted by atomic mass is 16.3. The minimum atomic E-state index is 0.243. The Hall–Kier alpha value is -0.0800. The van der Waals surface area contributed by atoms with Crippen LogP contribution in [0.25, 0.3) is 0 Å². The average Bonchev–Trinajstić information content (AvgIpc) is 2.65. The Morgan fingerprint density at radius 1 is 1.06 bits per heavy atom. The normalized spacial score (nSPS) is 29.4. The van der Waals surface area contributed by atoms with Gasteiger partial charge in [-0.15, -0.1) is 0 Å². The number of piperidine rings is 1. The van der Waals surface area contributed by atoms with Gasteiger partial charge in [-0.05, 0) is 37.6 Å². The van der Waals surface area contributed by atoms with Crippen LogP contribution in [0, 0.1) is 10.8 Å². The van der Waals surface area contributed by atoms with E-state index in [0.717, 1.165) is 6.54 Å². The molecule has 1 aliphatic heterocycles. The summed E-state index contributed by atoms with van der Waals surface area (Å²) in [6.45, 7) is 8.73. The van der Waals surface area contributed by atoms with Crippen LogP contribution in [0.1, 0.15) is 52.4 Å².